The molecular weight excluding hydrogens is 146 g/mol. The van der Waals surface area contributed by atoms with E-state index >= 15 is 0 Å². The molecule has 0 saturated carbocycles. The van der Waals surface area contributed by atoms with Crippen molar-refractivity contribution in [2.45, 2.75) is 52.5 Å². The Hall–Kier alpha value is -0.480. The molecule has 0 radical (unpaired) electrons. The summed E-state index contributed by atoms with van der Waals surface area (Å²) in [6, 6.07) is 0.613. The Morgan fingerprint density at radius 1 is 1.33 bits per heavy atom. The molecule has 0 bridgehead atoms. The van der Waals surface area contributed by atoms with Crippen molar-refractivity contribution in [3.63, 3.8) is 0 Å². The average molecular weight is 167 g/mol. The summed E-state index contributed by atoms with van der Waals surface area (Å²) < 4.78 is 0. The molecule has 0 spiro atoms. The van der Waals surface area contributed by atoms with Gasteiger partial charge in [-0.25, -0.2) is 0 Å². The maximum Gasteiger partial charge on any atom is 0.0243 e. The van der Waals surface area contributed by atoms with Gasteiger partial charge in [-0.3, -0.25) is 0 Å². The van der Waals surface area contributed by atoms with Crippen molar-refractivity contribution in [2.75, 3.05) is 6.54 Å². The Labute approximate surface area is 76.9 Å². The van der Waals surface area contributed by atoms with Gasteiger partial charge in [-0.15, -0.1) is 11.8 Å². The third kappa shape index (κ3) is 6.24. The van der Waals surface area contributed by atoms with Crippen LogP contribution in [0.1, 0.15) is 46.5 Å². The van der Waals surface area contributed by atoms with E-state index in [4.69, 9.17) is 0 Å². The van der Waals surface area contributed by atoms with Gasteiger partial charge >= 0.3 is 0 Å². The minimum absolute atomic E-state index is 0.613. The van der Waals surface area contributed by atoms with Gasteiger partial charge in [0.2, 0.25) is 0 Å². The summed E-state index contributed by atoms with van der Waals surface area (Å²) in [5.41, 5.74) is 0. The Kier molecular flexibility index (Phi) is 8.27. The van der Waals surface area contributed by atoms with Gasteiger partial charge in [-0.2, -0.15) is 0 Å². The summed E-state index contributed by atoms with van der Waals surface area (Å²) in [6.45, 7) is 7.34. The first kappa shape index (κ1) is 11.5. The van der Waals surface area contributed by atoms with E-state index < -0.39 is 0 Å². The Balaban J connectivity index is 3.58. The van der Waals surface area contributed by atoms with E-state index in [0.717, 1.165) is 13.0 Å². The molecule has 0 aromatic heterocycles. The van der Waals surface area contributed by atoms with Crippen LogP contribution in [0.2, 0.25) is 0 Å². The smallest absolute Gasteiger partial charge is 0.0243 e. The fourth-order valence-corrected chi connectivity index (χ4v) is 1.24. The molecule has 0 amide bonds. The number of rotatable bonds is 6. The summed E-state index contributed by atoms with van der Waals surface area (Å²) >= 11 is 0. The first-order valence-corrected chi connectivity index (χ1v) is 4.98. The standard InChI is InChI=1S/C11H21N/c1-4-7-9-11(12-6-3)10-8-5-2/h11-12H,4,6-7,9-10H2,1-3H3. The predicted octanol–water partition coefficient (Wildman–Crippen LogP) is 2.57. The fourth-order valence-electron chi connectivity index (χ4n) is 1.24. The second-order valence-electron chi connectivity index (χ2n) is 3.03. The molecule has 0 heterocycles. The molecule has 1 heteroatoms. The fraction of sp³-hybridized carbons (Fsp3) is 0.818. The van der Waals surface area contributed by atoms with Crippen LogP contribution in [0.15, 0.2) is 0 Å². The molecule has 0 fully saturated rings. The van der Waals surface area contributed by atoms with Gasteiger partial charge in [0.1, 0.15) is 0 Å². The van der Waals surface area contributed by atoms with Gasteiger partial charge in [0.05, 0.1) is 0 Å². The van der Waals surface area contributed by atoms with Crippen molar-refractivity contribution < 1.29 is 0 Å². The average Bonchev–Trinajstić information content (AvgIpc) is 2.10. The molecule has 0 rings (SSSR count). The van der Waals surface area contributed by atoms with Crippen molar-refractivity contribution >= 4 is 0 Å². The van der Waals surface area contributed by atoms with E-state index in [2.05, 4.69) is 31.0 Å². The molecule has 0 aromatic carbocycles. The van der Waals surface area contributed by atoms with Crippen LogP contribution in [0.5, 0.6) is 0 Å². The lowest BCUT2D eigenvalue weighted by Gasteiger charge is -2.13. The minimum atomic E-state index is 0.613. The lowest BCUT2D eigenvalue weighted by molar-refractivity contribution is 0.484. The summed E-state index contributed by atoms with van der Waals surface area (Å²) in [5, 5.41) is 3.45. The molecular formula is C11H21N. The van der Waals surface area contributed by atoms with E-state index in [-0.39, 0.29) is 0 Å². The number of nitrogens with one attached hydrogen (secondary N) is 1. The number of unbranched alkanes of at least 4 members (excludes halogenated alkanes) is 1. The highest BCUT2D eigenvalue weighted by Crippen LogP contribution is 2.03. The molecule has 12 heavy (non-hydrogen) atoms. The van der Waals surface area contributed by atoms with Gasteiger partial charge in [0.25, 0.3) is 0 Å². The summed E-state index contributed by atoms with van der Waals surface area (Å²) in [6.07, 6.45) is 4.86. The van der Waals surface area contributed by atoms with Crippen molar-refractivity contribution in [1.82, 2.24) is 5.32 Å². The van der Waals surface area contributed by atoms with Crippen LogP contribution >= 0.6 is 0 Å². The van der Waals surface area contributed by atoms with Crippen LogP contribution in [0.3, 0.4) is 0 Å². The first-order valence-electron chi connectivity index (χ1n) is 4.98. The lowest BCUT2D eigenvalue weighted by Crippen LogP contribution is -2.28. The zero-order valence-electron chi connectivity index (χ0n) is 8.61. The van der Waals surface area contributed by atoms with Crippen LogP contribution in [0.4, 0.5) is 0 Å². The van der Waals surface area contributed by atoms with Crippen LogP contribution < -0.4 is 5.32 Å². The highest BCUT2D eigenvalue weighted by molar-refractivity contribution is 4.97. The molecule has 0 aliphatic rings. The Bertz CT molecular complexity index is 141. The molecule has 1 nitrogen and oxygen atoms in total. The minimum Gasteiger partial charge on any atom is -0.313 e. The highest BCUT2D eigenvalue weighted by atomic mass is 14.9. The SMILES string of the molecule is CC#CCC(CCCC)NCC. The third-order valence-electron chi connectivity index (χ3n) is 1.92. The largest absolute Gasteiger partial charge is 0.313 e. The molecule has 1 N–H and O–H groups in total. The second kappa shape index (κ2) is 8.62. The topological polar surface area (TPSA) is 12.0 Å². The van der Waals surface area contributed by atoms with E-state index in [1.165, 1.54) is 19.3 Å². The quantitative estimate of drug-likeness (QED) is 0.599. The molecule has 1 unspecified atom stereocenters. The number of hydrogen-bond donors (Lipinski definition) is 1. The molecule has 70 valence electrons. The van der Waals surface area contributed by atoms with Crippen molar-refractivity contribution in [3.8, 4) is 11.8 Å². The third-order valence-corrected chi connectivity index (χ3v) is 1.92. The monoisotopic (exact) mass is 167 g/mol. The van der Waals surface area contributed by atoms with Crippen molar-refractivity contribution in [1.29, 1.82) is 0 Å². The van der Waals surface area contributed by atoms with Crippen LogP contribution in [-0.4, -0.2) is 12.6 Å². The van der Waals surface area contributed by atoms with Gasteiger partial charge in [0.15, 0.2) is 0 Å². The summed E-state index contributed by atoms with van der Waals surface area (Å²) in [5.74, 6) is 6.07. The normalized spacial score (nSPS) is 11.9. The second-order valence-corrected chi connectivity index (χ2v) is 3.03. The maximum absolute atomic E-state index is 3.45. The lowest BCUT2D eigenvalue weighted by atomic mass is 10.1. The molecule has 0 saturated heterocycles. The highest BCUT2D eigenvalue weighted by Gasteiger charge is 2.03. The van der Waals surface area contributed by atoms with Gasteiger partial charge in [-0.1, -0.05) is 26.7 Å². The summed E-state index contributed by atoms with van der Waals surface area (Å²) in [7, 11) is 0. The summed E-state index contributed by atoms with van der Waals surface area (Å²) in [4.78, 5) is 0. The zero-order valence-corrected chi connectivity index (χ0v) is 8.61. The predicted molar refractivity (Wildman–Crippen MR) is 55.1 cm³/mol. The van der Waals surface area contributed by atoms with Crippen LogP contribution in [0.25, 0.3) is 0 Å². The molecule has 0 aliphatic carbocycles. The number of hydrogen-bond acceptors (Lipinski definition) is 1. The van der Waals surface area contributed by atoms with Gasteiger partial charge in [0, 0.05) is 12.5 Å². The van der Waals surface area contributed by atoms with Gasteiger partial charge < -0.3 is 5.32 Å². The van der Waals surface area contributed by atoms with E-state index in [9.17, 15) is 0 Å². The van der Waals surface area contributed by atoms with E-state index in [1.54, 1.807) is 0 Å². The Morgan fingerprint density at radius 3 is 2.58 bits per heavy atom. The molecule has 0 aromatic rings. The van der Waals surface area contributed by atoms with Crippen LogP contribution in [0, 0.1) is 11.8 Å². The zero-order chi connectivity index (χ0) is 9.23. The molecule has 0 aliphatic heterocycles. The van der Waals surface area contributed by atoms with E-state index in [1.807, 2.05) is 6.92 Å². The van der Waals surface area contributed by atoms with Crippen LogP contribution in [-0.2, 0) is 0 Å². The van der Waals surface area contributed by atoms with E-state index in [0.29, 0.717) is 6.04 Å². The first-order chi connectivity index (χ1) is 5.85. The maximum atomic E-state index is 3.45. The van der Waals surface area contributed by atoms with Crippen molar-refractivity contribution in [2.24, 2.45) is 0 Å². The molecule has 1 atom stereocenters. The van der Waals surface area contributed by atoms with Gasteiger partial charge in [-0.05, 0) is 19.9 Å². The van der Waals surface area contributed by atoms with Crippen molar-refractivity contribution in [3.05, 3.63) is 0 Å². The Morgan fingerprint density at radius 2 is 2.08 bits per heavy atom.